The number of amides is 1. The third-order valence-electron chi connectivity index (χ3n) is 2.90. The Balaban J connectivity index is 1.85. The van der Waals surface area contributed by atoms with Crippen LogP contribution in [0.5, 0.6) is 0 Å². The molecule has 0 saturated heterocycles. The van der Waals surface area contributed by atoms with Gasteiger partial charge in [-0.1, -0.05) is 11.6 Å². The maximum atomic E-state index is 12.1. The molecule has 0 saturated carbocycles. The lowest BCUT2D eigenvalue weighted by Gasteiger charge is -2.08. The normalized spacial score (nSPS) is 10.7. The van der Waals surface area contributed by atoms with E-state index < -0.39 is 0 Å². The fraction of sp³-hybridized carbons (Fsp3) is 0.0714. The highest BCUT2D eigenvalue weighted by Gasteiger charge is 2.11. The second kappa shape index (κ2) is 5.67. The molecule has 0 aliphatic carbocycles. The lowest BCUT2D eigenvalue weighted by molar-refractivity contribution is -0.115. The lowest BCUT2D eigenvalue weighted by atomic mass is 10.2. The van der Waals surface area contributed by atoms with Gasteiger partial charge >= 0.3 is 0 Å². The molecular formula is C14H11ClN4OS. The molecule has 0 atom stereocenters. The number of nitrogens with zero attached hydrogens (tertiary/aromatic N) is 2. The zero-order valence-electron chi connectivity index (χ0n) is 10.8. The number of fused-ring (bicyclic) bond motifs is 1. The van der Waals surface area contributed by atoms with Gasteiger partial charge in [0.2, 0.25) is 5.91 Å². The predicted octanol–water partition coefficient (Wildman–Crippen LogP) is 3.11. The molecule has 0 aliphatic rings. The summed E-state index contributed by atoms with van der Waals surface area (Å²) in [7, 11) is 0. The summed E-state index contributed by atoms with van der Waals surface area (Å²) >= 11 is 7.44. The van der Waals surface area contributed by atoms with Crippen LogP contribution in [-0.2, 0) is 11.2 Å². The summed E-state index contributed by atoms with van der Waals surface area (Å²) in [5.41, 5.74) is 7.49. The highest BCUT2D eigenvalue weighted by atomic mass is 35.5. The van der Waals surface area contributed by atoms with Gasteiger partial charge in [0, 0.05) is 17.0 Å². The molecule has 0 unspecified atom stereocenters. The summed E-state index contributed by atoms with van der Waals surface area (Å²) in [4.78, 5) is 20.4. The Morgan fingerprint density at radius 2 is 2.24 bits per heavy atom. The third kappa shape index (κ3) is 2.96. The molecule has 1 aromatic carbocycles. The Labute approximate surface area is 129 Å². The van der Waals surface area contributed by atoms with E-state index in [0.29, 0.717) is 27.1 Å². The van der Waals surface area contributed by atoms with Gasteiger partial charge in [-0.3, -0.25) is 9.78 Å². The number of thiazole rings is 1. The summed E-state index contributed by atoms with van der Waals surface area (Å²) in [6, 6.07) is 7.15. The van der Waals surface area contributed by atoms with Crippen LogP contribution >= 0.6 is 22.9 Å². The Bertz CT molecular complexity index is 818. The Morgan fingerprint density at radius 1 is 1.38 bits per heavy atom. The van der Waals surface area contributed by atoms with Crippen LogP contribution in [0.15, 0.2) is 35.8 Å². The van der Waals surface area contributed by atoms with Crippen molar-refractivity contribution in [3.8, 4) is 0 Å². The van der Waals surface area contributed by atoms with Gasteiger partial charge in [-0.2, -0.15) is 0 Å². The first kappa shape index (κ1) is 13.8. The van der Waals surface area contributed by atoms with E-state index in [9.17, 15) is 4.79 Å². The molecule has 0 bridgehead atoms. The van der Waals surface area contributed by atoms with Crippen molar-refractivity contribution in [2.75, 3.05) is 11.1 Å². The molecule has 2 heterocycles. The summed E-state index contributed by atoms with van der Waals surface area (Å²) in [5, 5.41) is 6.46. The molecule has 0 aliphatic heterocycles. The number of pyridine rings is 1. The largest absolute Gasteiger partial charge is 0.375 e. The number of hydrogen-bond acceptors (Lipinski definition) is 5. The van der Waals surface area contributed by atoms with Gasteiger partial charge in [0.1, 0.15) is 0 Å². The Hall–Kier alpha value is -2.18. The summed E-state index contributed by atoms with van der Waals surface area (Å²) < 4.78 is 0. The zero-order chi connectivity index (χ0) is 14.8. The first-order valence-electron chi connectivity index (χ1n) is 6.16. The van der Waals surface area contributed by atoms with Crippen molar-refractivity contribution >= 4 is 50.6 Å². The van der Waals surface area contributed by atoms with Crippen molar-refractivity contribution in [1.82, 2.24) is 9.97 Å². The molecule has 2 aromatic heterocycles. The van der Waals surface area contributed by atoms with E-state index in [0.717, 1.165) is 5.39 Å². The van der Waals surface area contributed by atoms with Crippen molar-refractivity contribution in [3.05, 3.63) is 46.6 Å². The number of nitrogens with two attached hydrogens (primary N) is 1. The van der Waals surface area contributed by atoms with Crippen LogP contribution in [0.25, 0.3) is 10.9 Å². The average Bonchev–Trinajstić information content (AvgIpc) is 2.87. The smallest absolute Gasteiger partial charge is 0.230 e. The minimum absolute atomic E-state index is 0.171. The van der Waals surface area contributed by atoms with E-state index in [2.05, 4.69) is 15.3 Å². The number of aromatic nitrogens is 2. The lowest BCUT2D eigenvalue weighted by Crippen LogP contribution is -2.15. The predicted molar refractivity (Wildman–Crippen MR) is 85.6 cm³/mol. The topological polar surface area (TPSA) is 80.9 Å². The molecule has 7 heteroatoms. The number of anilines is 2. The number of halogens is 1. The highest BCUT2D eigenvalue weighted by molar-refractivity contribution is 7.13. The van der Waals surface area contributed by atoms with E-state index in [1.807, 2.05) is 6.07 Å². The fourth-order valence-electron chi connectivity index (χ4n) is 2.00. The molecule has 0 fully saturated rings. The molecule has 21 heavy (non-hydrogen) atoms. The van der Waals surface area contributed by atoms with Crippen molar-refractivity contribution in [2.24, 2.45) is 0 Å². The summed E-state index contributed by atoms with van der Waals surface area (Å²) in [6.07, 6.45) is 1.83. The van der Waals surface area contributed by atoms with Crippen LogP contribution in [0.1, 0.15) is 5.69 Å². The van der Waals surface area contributed by atoms with Crippen LogP contribution in [0.2, 0.25) is 5.02 Å². The van der Waals surface area contributed by atoms with E-state index in [1.54, 1.807) is 29.8 Å². The van der Waals surface area contributed by atoms with E-state index in [4.69, 9.17) is 17.3 Å². The first-order chi connectivity index (χ1) is 10.1. The number of hydrogen-bond donors (Lipinski definition) is 2. The van der Waals surface area contributed by atoms with Crippen LogP contribution in [0, 0.1) is 0 Å². The van der Waals surface area contributed by atoms with E-state index in [1.165, 1.54) is 11.3 Å². The maximum Gasteiger partial charge on any atom is 0.230 e. The molecular weight excluding hydrogens is 308 g/mol. The van der Waals surface area contributed by atoms with Gasteiger partial charge in [-0.15, -0.1) is 11.3 Å². The van der Waals surface area contributed by atoms with Crippen LogP contribution in [-0.4, -0.2) is 15.9 Å². The van der Waals surface area contributed by atoms with Crippen LogP contribution in [0.3, 0.4) is 0 Å². The second-order valence-corrected chi connectivity index (χ2v) is 5.69. The summed E-state index contributed by atoms with van der Waals surface area (Å²) in [6.45, 7) is 0. The van der Waals surface area contributed by atoms with Gasteiger partial charge in [-0.25, -0.2) is 4.98 Å². The number of rotatable bonds is 3. The van der Waals surface area contributed by atoms with Crippen molar-refractivity contribution in [1.29, 1.82) is 0 Å². The number of carbonyl (C=O) groups excluding carboxylic acids is 1. The molecule has 3 rings (SSSR count). The Morgan fingerprint density at radius 3 is 3.00 bits per heavy atom. The standard InChI is InChI=1S/C14H11ClN4OS/c15-10-3-4-11(13-9(10)2-1-5-17-13)19-12(20)6-8-7-21-14(16)18-8/h1-5,7H,6H2,(H2,16,18)(H,19,20). The minimum Gasteiger partial charge on any atom is -0.375 e. The van der Waals surface area contributed by atoms with Gasteiger partial charge in [0.25, 0.3) is 0 Å². The number of carbonyl (C=O) groups is 1. The monoisotopic (exact) mass is 318 g/mol. The van der Waals surface area contributed by atoms with Crippen molar-refractivity contribution in [2.45, 2.75) is 6.42 Å². The van der Waals surface area contributed by atoms with Gasteiger partial charge in [0.15, 0.2) is 5.13 Å². The minimum atomic E-state index is -0.172. The SMILES string of the molecule is Nc1nc(CC(=O)Nc2ccc(Cl)c3cccnc23)cs1. The number of benzene rings is 1. The second-order valence-electron chi connectivity index (χ2n) is 4.40. The van der Waals surface area contributed by atoms with Gasteiger partial charge < -0.3 is 11.1 Å². The van der Waals surface area contributed by atoms with E-state index >= 15 is 0 Å². The average molecular weight is 319 g/mol. The first-order valence-corrected chi connectivity index (χ1v) is 7.42. The fourth-order valence-corrected chi connectivity index (χ4v) is 2.78. The van der Waals surface area contributed by atoms with E-state index in [-0.39, 0.29) is 12.3 Å². The van der Waals surface area contributed by atoms with Gasteiger partial charge in [0.05, 0.1) is 28.3 Å². The molecule has 0 radical (unpaired) electrons. The summed E-state index contributed by atoms with van der Waals surface area (Å²) in [5.74, 6) is -0.172. The molecule has 1 amide bonds. The zero-order valence-corrected chi connectivity index (χ0v) is 12.4. The van der Waals surface area contributed by atoms with Crippen molar-refractivity contribution in [3.63, 3.8) is 0 Å². The Kier molecular flexibility index (Phi) is 3.72. The quantitative estimate of drug-likeness (QED) is 0.777. The molecule has 0 spiro atoms. The maximum absolute atomic E-state index is 12.1. The van der Waals surface area contributed by atoms with Gasteiger partial charge in [-0.05, 0) is 24.3 Å². The molecule has 3 N–H and O–H groups in total. The van der Waals surface area contributed by atoms with Crippen LogP contribution < -0.4 is 11.1 Å². The van der Waals surface area contributed by atoms with Crippen LogP contribution in [0.4, 0.5) is 10.8 Å². The number of nitrogen functional groups attached to an aromatic ring is 1. The highest BCUT2D eigenvalue weighted by Crippen LogP contribution is 2.28. The molecule has 3 aromatic rings. The molecule has 5 nitrogen and oxygen atoms in total. The third-order valence-corrected chi connectivity index (χ3v) is 3.95. The molecule has 106 valence electrons. The van der Waals surface area contributed by atoms with Crippen molar-refractivity contribution < 1.29 is 4.79 Å². The number of nitrogens with one attached hydrogen (secondary N) is 1.